The molecule has 24 heavy (non-hydrogen) atoms. The number of benzene rings is 2. The van der Waals surface area contributed by atoms with Crippen molar-refractivity contribution in [2.45, 2.75) is 25.9 Å². The van der Waals surface area contributed by atoms with E-state index >= 15 is 0 Å². The Labute approximate surface area is 141 Å². The number of rotatable bonds is 4. The minimum Gasteiger partial charge on any atom is -0.347 e. The monoisotopic (exact) mass is 314 g/mol. The van der Waals surface area contributed by atoms with E-state index in [2.05, 4.69) is 69.3 Å². The van der Waals surface area contributed by atoms with Crippen LogP contribution in [0.5, 0.6) is 0 Å². The predicted octanol–water partition coefficient (Wildman–Crippen LogP) is 5.43. The molecule has 2 aromatic carbocycles. The van der Waals surface area contributed by atoms with Gasteiger partial charge in [0.25, 0.3) is 0 Å². The maximum atomic E-state index is 8.63. The number of hydrogen-bond donors (Lipinski definition) is 0. The molecule has 0 bridgehead atoms. The summed E-state index contributed by atoms with van der Waals surface area (Å²) in [5.74, 6) is 0. The highest BCUT2D eigenvalue weighted by atomic mass is 15.2. The minimum atomic E-state index is -0.0622. The van der Waals surface area contributed by atoms with Crippen molar-refractivity contribution in [3.63, 3.8) is 0 Å². The van der Waals surface area contributed by atoms with Crippen molar-refractivity contribution in [1.29, 1.82) is 0 Å². The zero-order valence-corrected chi connectivity index (χ0v) is 13.6. The molecule has 0 saturated carbocycles. The lowest BCUT2D eigenvalue weighted by atomic mass is 10.00. The topological polar surface area (TPSA) is 53.7 Å². The van der Waals surface area contributed by atoms with Crippen LogP contribution in [0.2, 0.25) is 0 Å². The van der Waals surface area contributed by atoms with Gasteiger partial charge in [-0.1, -0.05) is 54.5 Å². The fourth-order valence-electron chi connectivity index (χ4n) is 3.52. The Kier molecular flexibility index (Phi) is 3.60. The van der Waals surface area contributed by atoms with Crippen LogP contribution < -0.4 is 0 Å². The van der Waals surface area contributed by atoms with Crippen molar-refractivity contribution < 1.29 is 0 Å². The molecule has 4 heteroatoms. The molecule has 1 heterocycles. The fourth-order valence-corrected chi connectivity index (χ4v) is 3.52. The molecule has 1 unspecified atom stereocenters. The number of hydrogen-bond acceptors (Lipinski definition) is 1. The van der Waals surface area contributed by atoms with Gasteiger partial charge < -0.3 is 4.57 Å². The van der Waals surface area contributed by atoms with Gasteiger partial charge in [0.05, 0.1) is 11.7 Å². The van der Waals surface area contributed by atoms with Crippen LogP contribution in [0.4, 0.5) is 0 Å². The first kappa shape index (κ1) is 14.6. The molecule has 3 aromatic rings. The fraction of sp³-hybridized carbons (Fsp3) is 0.200. The maximum Gasteiger partial charge on any atom is 0.0525 e. The van der Waals surface area contributed by atoms with E-state index in [4.69, 9.17) is 5.53 Å². The van der Waals surface area contributed by atoms with Gasteiger partial charge in [0.2, 0.25) is 0 Å². The van der Waals surface area contributed by atoms with Crippen molar-refractivity contribution in [3.8, 4) is 22.4 Å². The van der Waals surface area contributed by atoms with Crippen LogP contribution in [0, 0.1) is 0 Å². The third kappa shape index (κ3) is 2.47. The highest BCUT2D eigenvalue weighted by Crippen LogP contribution is 2.39. The first-order chi connectivity index (χ1) is 11.8. The molecule has 4 rings (SSSR count). The molecule has 1 atom stereocenters. The van der Waals surface area contributed by atoms with Crippen molar-refractivity contribution in [2.75, 3.05) is 0 Å². The van der Waals surface area contributed by atoms with Crippen molar-refractivity contribution in [3.05, 3.63) is 82.4 Å². The second kappa shape index (κ2) is 5.91. The molecule has 0 aliphatic heterocycles. The van der Waals surface area contributed by atoms with Gasteiger partial charge in [-0.3, -0.25) is 0 Å². The van der Waals surface area contributed by atoms with Crippen LogP contribution in [0.1, 0.15) is 18.1 Å². The number of azide groups is 1. The maximum absolute atomic E-state index is 8.63. The Bertz CT molecular complexity index is 934. The van der Waals surface area contributed by atoms with Crippen LogP contribution >= 0.6 is 0 Å². The minimum absolute atomic E-state index is 0.0622. The lowest BCUT2D eigenvalue weighted by molar-refractivity contribution is 0.594. The van der Waals surface area contributed by atoms with Gasteiger partial charge in [0, 0.05) is 29.6 Å². The lowest BCUT2D eigenvalue weighted by Crippen LogP contribution is -2.09. The van der Waals surface area contributed by atoms with E-state index in [-0.39, 0.29) is 6.04 Å². The molecule has 1 aliphatic rings. The number of fused-ring (bicyclic) bond motifs is 3. The molecular formula is C20H18N4. The SMILES string of the molecule is CC(Cn1ccc2c1-c1cc(-c3ccccc3)ccc1C2)N=[N+]=[N-]. The highest BCUT2D eigenvalue weighted by Gasteiger charge is 2.23. The summed E-state index contributed by atoms with van der Waals surface area (Å²) >= 11 is 0. The second-order valence-corrected chi connectivity index (χ2v) is 6.31. The summed E-state index contributed by atoms with van der Waals surface area (Å²) in [4.78, 5) is 2.92. The summed E-state index contributed by atoms with van der Waals surface area (Å²) in [6.07, 6.45) is 3.08. The summed E-state index contributed by atoms with van der Waals surface area (Å²) in [7, 11) is 0. The first-order valence-corrected chi connectivity index (χ1v) is 8.17. The van der Waals surface area contributed by atoms with Crippen LogP contribution in [-0.4, -0.2) is 10.6 Å². The number of nitrogens with zero attached hydrogens (tertiary/aromatic N) is 4. The smallest absolute Gasteiger partial charge is 0.0525 e. The van der Waals surface area contributed by atoms with Gasteiger partial charge in [0.15, 0.2) is 0 Å². The highest BCUT2D eigenvalue weighted by molar-refractivity contribution is 5.79. The van der Waals surface area contributed by atoms with E-state index in [9.17, 15) is 0 Å². The van der Waals surface area contributed by atoms with Gasteiger partial charge in [-0.25, -0.2) is 0 Å². The second-order valence-electron chi connectivity index (χ2n) is 6.31. The Morgan fingerprint density at radius 2 is 1.92 bits per heavy atom. The van der Waals surface area contributed by atoms with E-state index in [1.165, 1.54) is 33.5 Å². The van der Waals surface area contributed by atoms with Gasteiger partial charge in [-0.15, -0.1) is 0 Å². The van der Waals surface area contributed by atoms with E-state index in [1.807, 2.05) is 13.0 Å². The third-order valence-corrected chi connectivity index (χ3v) is 4.61. The summed E-state index contributed by atoms with van der Waals surface area (Å²) in [6, 6.07) is 19.3. The standard InChI is InChI=1S/C20H18N4/c1-14(22-23-21)13-24-10-9-18-11-17-8-7-16(12-19(17)20(18)24)15-5-3-2-4-6-15/h2-10,12,14H,11,13H2,1H3. The molecule has 0 fully saturated rings. The van der Waals surface area contributed by atoms with Gasteiger partial charge in [-0.05, 0) is 39.9 Å². The van der Waals surface area contributed by atoms with Gasteiger partial charge in [0.1, 0.15) is 0 Å². The van der Waals surface area contributed by atoms with Crippen molar-refractivity contribution in [1.82, 2.24) is 4.57 Å². The first-order valence-electron chi connectivity index (χ1n) is 8.17. The molecule has 1 aromatic heterocycles. The van der Waals surface area contributed by atoms with E-state index in [0.29, 0.717) is 6.54 Å². The zero-order chi connectivity index (χ0) is 16.5. The quantitative estimate of drug-likeness (QED) is 0.274. The lowest BCUT2D eigenvalue weighted by Gasteiger charge is -2.12. The van der Waals surface area contributed by atoms with Crippen molar-refractivity contribution in [2.24, 2.45) is 5.11 Å². The Morgan fingerprint density at radius 3 is 2.71 bits per heavy atom. The number of aromatic nitrogens is 1. The molecule has 0 saturated heterocycles. The zero-order valence-electron chi connectivity index (χ0n) is 13.6. The Morgan fingerprint density at radius 1 is 1.08 bits per heavy atom. The molecule has 0 spiro atoms. The van der Waals surface area contributed by atoms with Crippen LogP contribution in [-0.2, 0) is 13.0 Å². The van der Waals surface area contributed by atoms with Gasteiger partial charge >= 0.3 is 0 Å². The molecule has 118 valence electrons. The molecule has 0 radical (unpaired) electrons. The Balaban J connectivity index is 1.76. The molecule has 4 nitrogen and oxygen atoms in total. The van der Waals surface area contributed by atoms with E-state index in [0.717, 1.165) is 6.42 Å². The summed E-state index contributed by atoms with van der Waals surface area (Å²) < 4.78 is 2.22. The average Bonchev–Trinajstić information content (AvgIpc) is 3.15. The van der Waals surface area contributed by atoms with Gasteiger partial charge in [-0.2, -0.15) is 0 Å². The molecule has 0 N–H and O–H groups in total. The van der Waals surface area contributed by atoms with Crippen LogP contribution in [0.25, 0.3) is 32.8 Å². The summed E-state index contributed by atoms with van der Waals surface area (Å²) in [5, 5.41) is 3.81. The largest absolute Gasteiger partial charge is 0.347 e. The van der Waals surface area contributed by atoms with E-state index in [1.54, 1.807) is 0 Å². The van der Waals surface area contributed by atoms with E-state index < -0.39 is 0 Å². The van der Waals surface area contributed by atoms with Crippen molar-refractivity contribution >= 4 is 0 Å². The summed E-state index contributed by atoms with van der Waals surface area (Å²) in [6.45, 7) is 2.65. The third-order valence-electron chi connectivity index (χ3n) is 4.61. The summed E-state index contributed by atoms with van der Waals surface area (Å²) in [5.41, 5.74) is 16.4. The van der Waals surface area contributed by atoms with Crippen LogP contribution in [0.3, 0.4) is 0 Å². The predicted molar refractivity (Wildman–Crippen MR) is 96.7 cm³/mol. The molecular weight excluding hydrogens is 296 g/mol. The average molecular weight is 314 g/mol. The molecule has 1 aliphatic carbocycles. The molecule has 0 amide bonds. The van der Waals surface area contributed by atoms with Crippen LogP contribution in [0.15, 0.2) is 65.9 Å². The Hall–Kier alpha value is -2.97. The normalized spacial score (nSPS) is 13.0.